The summed E-state index contributed by atoms with van der Waals surface area (Å²) in [5, 5.41) is 2.68. The predicted octanol–water partition coefficient (Wildman–Crippen LogP) is 1.68. The van der Waals surface area contributed by atoms with Crippen LogP contribution in [0.2, 0.25) is 0 Å². The fourth-order valence-electron chi connectivity index (χ4n) is 1.84. The number of hydrogen-bond donors (Lipinski definition) is 2. The molecule has 1 unspecified atom stereocenters. The summed E-state index contributed by atoms with van der Waals surface area (Å²) in [4.78, 5) is 24.0. The number of carbonyl (C=O) groups is 2. The van der Waals surface area contributed by atoms with Crippen LogP contribution in [0, 0.1) is 5.41 Å². The summed E-state index contributed by atoms with van der Waals surface area (Å²) in [5.41, 5.74) is 6.48. The zero-order valence-electron chi connectivity index (χ0n) is 13.5. The van der Waals surface area contributed by atoms with Gasteiger partial charge < -0.3 is 15.8 Å². The van der Waals surface area contributed by atoms with Crippen LogP contribution in [0.3, 0.4) is 0 Å². The Balaban J connectivity index is 0.00000441. The van der Waals surface area contributed by atoms with Crippen molar-refractivity contribution in [3.63, 3.8) is 0 Å². The fourth-order valence-corrected chi connectivity index (χ4v) is 1.84. The van der Waals surface area contributed by atoms with Crippen LogP contribution in [-0.2, 0) is 20.7 Å². The number of methoxy groups -OCH3 is 1. The maximum atomic E-state index is 12.2. The van der Waals surface area contributed by atoms with Crippen molar-refractivity contribution in [2.75, 3.05) is 7.11 Å². The lowest BCUT2D eigenvalue weighted by atomic mass is 9.86. The van der Waals surface area contributed by atoms with Crippen molar-refractivity contribution in [3.05, 3.63) is 35.9 Å². The molecule has 0 radical (unpaired) electrons. The molecular weight excluding hydrogens is 304 g/mol. The summed E-state index contributed by atoms with van der Waals surface area (Å²) < 4.78 is 4.76. The van der Waals surface area contributed by atoms with Gasteiger partial charge in [0.25, 0.3) is 0 Å². The van der Waals surface area contributed by atoms with Gasteiger partial charge in [0.05, 0.1) is 13.2 Å². The van der Waals surface area contributed by atoms with E-state index in [4.69, 9.17) is 10.5 Å². The molecule has 3 N–H and O–H groups in total. The number of esters is 1. The molecule has 0 saturated carbocycles. The van der Waals surface area contributed by atoms with Crippen molar-refractivity contribution in [3.8, 4) is 0 Å². The monoisotopic (exact) mass is 328 g/mol. The van der Waals surface area contributed by atoms with Gasteiger partial charge in [0, 0.05) is 6.42 Å². The van der Waals surface area contributed by atoms with E-state index < -0.39 is 18.1 Å². The van der Waals surface area contributed by atoms with Gasteiger partial charge in [0.2, 0.25) is 5.91 Å². The first-order valence-corrected chi connectivity index (χ1v) is 6.93. The molecule has 6 heteroatoms. The van der Waals surface area contributed by atoms with Gasteiger partial charge in [0.1, 0.15) is 6.04 Å². The van der Waals surface area contributed by atoms with Gasteiger partial charge in [-0.2, -0.15) is 0 Å². The molecule has 0 saturated heterocycles. The van der Waals surface area contributed by atoms with E-state index in [-0.39, 0.29) is 23.7 Å². The molecule has 0 fully saturated rings. The average Bonchev–Trinajstić information content (AvgIpc) is 2.44. The van der Waals surface area contributed by atoms with Crippen LogP contribution < -0.4 is 11.1 Å². The van der Waals surface area contributed by atoms with E-state index >= 15 is 0 Å². The molecule has 0 aromatic heterocycles. The first kappa shape index (κ1) is 20.4. The van der Waals surface area contributed by atoms with Crippen LogP contribution in [-0.4, -0.2) is 31.1 Å². The first-order chi connectivity index (χ1) is 9.75. The predicted molar refractivity (Wildman–Crippen MR) is 88.8 cm³/mol. The first-order valence-electron chi connectivity index (χ1n) is 6.93. The topological polar surface area (TPSA) is 81.4 Å². The molecule has 0 aliphatic heterocycles. The second-order valence-corrected chi connectivity index (χ2v) is 6.12. The minimum atomic E-state index is -0.738. The maximum Gasteiger partial charge on any atom is 0.328 e. The highest BCUT2D eigenvalue weighted by Gasteiger charge is 2.31. The van der Waals surface area contributed by atoms with Crippen LogP contribution in [0.15, 0.2) is 30.3 Å². The van der Waals surface area contributed by atoms with Crippen molar-refractivity contribution in [2.45, 2.75) is 39.3 Å². The van der Waals surface area contributed by atoms with E-state index in [2.05, 4.69) is 5.32 Å². The van der Waals surface area contributed by atoms with E-state index in [0.717, 1.165) is 5.56 Å². The van der Waals surface area contributed by atoms with Crippen LogP contribution in [0.5, 0.6) is 0 Å². The van der Waals surface area contributed by atoms with E-state index in [1.807, 2.05) is 51.1 Å². The summed E-state index contributed by atoms with van der Waals surface area (Å²) in [5.74, 6) is -0.831. The molecule has 1 rings (SSSR count). The Morgan fingerprint density at radius 2 is 1.77 bits per heavy atom. The molecule has 22 heavy (non-hydrogen) atoms. The molecule has 0 aliphatic carbocycles. The maximum absolute atomic E-state index is 12.2. The Labute approximate surface area is 138 Å². The number of hydrogen-bond acceptors (Lipinski definition) is 4. The minimum Gasteiger partial charge on any atom is -0.467 e. The Kier molecular flexibility index (Phi) is 8.12. The Morgan fingerprint density at radius 3 is 2.23 bits per heavy atom. The Bertz CT molecular complexity index is 486. The van der Waals surface area contributed by atoms with Gasteiger partial charge in [-0.3, -0.25) is 4.79 Å². The Hall–Kier alpha value is -1.59. The van der Waals surface area contributed by atoms with Crippen molar-refractivity contribution >= 4 is 24.3 Å². The third-order valence-electron chi connectivity index (χ3n) is 3.30. The summed E-state index contributed by atoms with van der Waals surface area (Å²) in [6.07, 6.45) is 0.371. The van der Waals surface area contributed by atoms with Crippen LogP contribution in [0.25, 0.3) is 0 Å². The van der Waals surface area contributed by atoms with E-state index in [1.54, 1.807) is 0 Å². The molecular formula is C16H25ClN2O3. The molecule has 124 valence electrons. The fraction of sp³-hybridized carbons (Fsp3) is 0.500. The van der Waals surface area contributed by atoms with Gasteiger partial charge in [-0.05, 0) is 11.0 Å². The average molecular weight is 329 g/mol. The summed E-state index contributed by atoms with van der Waals surface area (Å²) >= 11 is 0. The van der Waals surface area contributed by atoms with Crippen LogP contribution >= 0.6 is 12.4 Å². The standard InChI is InChI=1S/C16H24N2O3.ClH/c1-16(2,3)13(17)14(19)18-12(15(20)21-4)10-11-8-6-5-7-9-11;/h5-9,12-13H,10,17H2,1-4H3,(H,18,19);1H/t12?,13-;/m1./s1. The second-order valence-electron chi connectivity index (χ2n) is 6.12. The van der Waals surface area contributed by atoms with Crippen molar-refractivity contribution in [2.24, 2.45) is 11.1 Å². The molecule has 0 bridgehead atoms. The van der Waals surface area contributed by atoms with E-state index in [1.165, 1.54) is 7.11 Å². The molecule has 0 aliphatic rings. The van der Waals surface area contributed by atoms with Crippen LogP contribution in [0.4, 0.5) is 0 Å². The smallest absolute Gasteiger partial charge is 0.328 e. The van der Waals surface area contributed by atoms with Gasteiger partial charge in [-0.1, -0.05) is 51.1 Å². The van der Waals surface area contributed by atoms with Gasteiger partial charge in [-0.15, -0.1) is 12.4 Å². The molecule has 0 heterocycles. The number of rotatable bonds is 5. The molecule has 5 nitrogen and oxygen atoms in total. The lowest BCUT2D eigenvalue weighted by molar-refractivity contribution is -0.145. The third kappa shape index (κ3) is 6.03. The lowest BCUT2D eigenvalue weighted by Crippen LogP contribution is -2.53. The van der Waals surface area contributed by atoms with Crippen molar-refractivity contribution in [1.82, 2.24) is 5.32 Å². The van der Waals surface area contributed by atoms with Crippen LogP contribution in [0.1, 0.15) is 26.3 Å². The molecule has 2 atom stereocenters. The molecule has 1 amide bonds. The number of benzene rings is 1. The number of carbonyl (C=O) groups excluding carboxylic acids is 2. The number of nitrogens with one attached hydrogen (secondary N) is 1. The van der Waals surface area contributed by atoms with E-state index in [9.17, 15) is 9.59 Å². The van der Waals surface area contributed by atoms with Gasteiger partial charge in [-0.25, -0.2) is 4.79 Å². The highest BCUT2D eigenvalue weighted by Crippen LogP contribution is 2.17. The second kappa shape index (κ2) is 8.76. The number of nitrogens with two attached hydrogens (primary N) is 1. The number of halogens is 1. The summed E-state index contributed by atoms with van der Waals surface area (Å²) in [7, 11) is 1.30. The number of amides is 1. The SMILES string of the molecule is COC(=O)C(Cc1ccccc1)NC(=O)[C@@H](N)C(C)(C)C.Cl. The van der Waals surface area contributed by atoms with Crippen molar-refractivity contribution < 1.29 is 14.3 Å². The Morgan fingerprint density at radius 1 is 1.23 bits per heavy atom. The highest BCUT2D eigenvalue weighted by atomic mass is 35.5. The molecule has 0 spiro atoms. The molecule has 1 aromatic rings. The van der Waals surface area contributed by atoms with Gasteiger partial charge in [0.15, 0.2) is 0 Å². The third-order valence-corrected chi connectivity index (χ3v) is 3.30. The largest absolute Gasteiger partial charge is 0.467 e. The van der Waals surface area contributed by atoms with Gasteiger partial charge >= 0.3 is 5.97 Å². The highest BCUT2D eigenvalue weighted by molar-refractivity contribution is 5.88. The minimum absolute atomic E-state index is 0. The summed E-state index contributed by atoms with van der Waals surface area (Å²) in [6, 6.07) is 8.01. The lowest BCUT2D eigenvalue weighted by Gasteiger charge is -2.27. The number of ether oxygens (including phenoxy) is 1. The quantitative estimate of drug-likeness (QED) is 0.806. The molecule has 1 aromatic carbocycles. The van der Waals surface area contributed by atoms with Crippen molar-refractivity contribution in [1.29, 1.82) is 0 Å². The normalized spacial score (nSPS) is 13.5. The van der Waals surface area contributed by atoms with E-state index in [0.29, 0.717) is 6.42 Å². The summed E-state index contributed by atoms with van der Waals surface area (Å²) in [6.45, 7) is 5.63. The zero-order chi connectivity index (χ0) is 16.0. The zero-order valence-corrected chi connectivity index (χ0v) is 14.3.